The second kappa shape index (κ2) is 4.46. The molecule has 0 aliphatic carbocycles. The van der Waals surface area contributed by atoms with Crippen LogP contribution in [-0.2, 0) is 21.1 Å². The summed E-state index contributed by atoms with van der Waals surface area (Å²) in [7, 11) is -3.97. The number of hydrogen-bond acceptors (Lipinski definition) is 3. The molecule has 0 spiro atoms. The van der Waals surface area contributed by atoms with E-state index in [0.717, 1.165) is 0 Å². The molecule has 0 atom stereocenters. The molecule has 4 nitrogen and oxygen atoms in total. The van der Waals surface area contributed by atoms with Crippen molar-refractivity contribution in [3.8, 4) is 0 Å². The van der Waals surface area contributed by atoms with E-state index >= 15 is 0 Å². The van der Waals surface area contributed by atoms with Crippen LogP contribution in [0.4, 0.5) is 0 Å². The fourth-order valence-electron chi connectivity index (χ4n) is 0.811. The second-order valence-electron chi connectivity index (χ2n) is 2.46. The third kappa shape index (κ3) is 3.43. The van der Waals surface area contributed by atoms with Crippen LogP contribution in [0.2, 0.25) is 10.0 Å². The summed E-state index contributed by atoms with van der Waals surface area (Å²) in [5.41, 5.74) is 0.393. The fraction of sp³-hybridized carbons (Fsp3) is 0.143. The maximum absolute atomic E-state index is 10.5. The van der Waals surface area contributed by atoms with Crippen molar-refractivity contribution in [2.45, 2.75) is 6.61 Å². The Bertz CT molecular complexity index is 412. The van der Waals surface area contributed by atoms with Gasteiger partial charge in [-0.25, -0.2) is 5.14 Å². The quantitative estimate of drug-likeness (QED) is 0.894. The van der Waals surface area contributed by atoms with Gasteiger partial charge in [-0.1, -0.05) is 29.3 Å². The molecule has 14 heavy (non-hydrogen) atoms. The normalized spacial score (nSPS) is 11.6. The maximum Gasteiger partial charge on any atom is 0.333 e. The van der Waals surface area contributed by atoms with Gasteiger partial charge in [-0.15, -0.1) is 0 Å². The van der Waals surface area contributed by atoms with Crippen molar-refractivity contribution in [3.05, 3.63) is 33.8 Å². The Hall–Kier alpha value is -0.330. The average molecular weight is 256 g/mol. The number of hydrogen-bond donors (Lipinski definition) is 1. The molecule has 0 saturated heterocycles. The van der Waals surface area contributed by atoms with Gasteiger partial charge in [-0.2, -0.15) is 8.42 Å². The van der Waals surface area contributed by atoms with E-state index < -0.39 is 10.3 Å². The average Bonchev–Trinajstić information content (AvgIpc) is 2.01. The topological polar surface area (TPSA) is 69.4 Å². The number of benzene rings is 1. The van der Waals surface area contributed by atoms with Gasteiger partial charge in [0.25, 0.3) is 0 Å². The number of halogens is 2. The Morgan fingerprint density at radius 3 is 2.21 bits per heavy atom. The van der Waals surface area contributed by atoms with E-state index in [-0.39, 0.29) is 6.61 Å². The minimum Gasteiger partial charge on any atom is -0.253 e. The van der Waals surface area contributed by atoms with Crippen molar-refractivity contribution in [2.24, 2.45) is 5.14 Å². The Morgan fingerprint density at radius 1 is 1.29 bits per heavy atom. The molecule has 2 N–H and O–H groups in total. The van der Waals surface area contributed by atoms with E-state index in [1.807, 2.05) is 0 Å². The third-order valence-electron chi connectivity index (χ3n) is 1.43. The molecule has 78 valence electrons. The molecule has 1 rings (SSSR count). The van der Waals surface area contributed by atoms with Gasteiger partial charge >= 0.3 is 10.3 Å². The highest BCUT2D eigenvalue weighted by Crippen LogP contribution is 2.24. The SMILES string of the molecule is NS(=O)(=O)OCc1c(Cl)cccc1Cl. The Labute approximate surface area is 91.8 Å². The lowest BCUT2D eigenvalue weighted by molar-refractivity contribution is 0.309. The molecular formula is C7H7Cl2NO3S. The van der Waals surface area contributed by atoms with E-state index in [4.69, 9.17) is 23.2 Å². The molecule has 0 unspecified atom stereocenters. The lowest BCUT2D eigenvalue weighted by Crippen LogP contribution is -2.15. The molecule has 0 radical (unpaired) electrons. The predicted octanol–water partition coefficient (Wildman–Crippen LogP) is 1.71. The van der Waals surface area contributed by atoms with Gasteiger partial charge in [0.1, 0.15) is 0 Å². The highest BCUT2D eigenvalue weighted by atomic mass is 35.5. The predicted molar refractivity (Wildman–Crippen MR) is 54.4 cm³/mol. The molecule has 1 aromatic rings. The zero-order chi connectivity index (χ0) is 10.8. The van der Waals surface area contributed by atoms with Crippen LogP contribution in [-0.4, -0.2) is 8.42 Å². The van der Waals surface area contributed by atoms with Gasteiger partial charge in [0.05, 0.1) is 6.61 Å². The molecule has 0 saturated carbocycles. The van der Waals surface area contributed by atoms with Crippen LogP contribution in [0, 0.1) is 0 Å². The fourth-order valence-corrected chi connectivity index (χ4v) is 1.60. The molecule has 0 bridgehead atoms. The molecular weight excluding hydrogens is 249 g/mol. The van der Waals surface area contributed by atoms with Gasteiger partial charge in [0.15, 0.2) is 0 Å². The maximum atomic E-state index is 10.5. The van der Waals surface area contributed by atoms with Crippen molar-refractivity contribution in [1.29, 1.82) is 0 Å². The third-order valence-corrected chi connectivity index (χ3v) is 2.58. The molecule has 0 amide bonds. The molecule has 0 aromatic heterocycles. The zero-order valence-corrected chi connectivity index (χ0v) is 9.23. The van der Waals surface area contributed by atoms with Crippen LogP contribution in [0.25, 0.3) is 0 Å². The lowest BCUT2D eigenvalue weighted by Gasteiger charge is -2.05. The number of rotatable bonds is 3. The van der Waals surface area contributed by atoms with Crippen LogP contribution >= 0.6 is 23.2 Å². The zero-order valence-electron chi connectivity index (χ0n) is 6.91. The molecule has 0 fully saturated rings. The summed E-state index contributed by atoms with van der Waals surface area (Å²) in [6, 6.07) is 4.80. The highest BCUT2D eigenvalue weighted by molar-refractivity contribution is 7.84. The van der Waals surface area contributed by atoms with Gasteiger partial charge in [-0.05, 0) is 12.1 Å². The number of nitrogens with two attached hydrogens (primary N) is 1. The second-order valence-corrected chi connectivity index (χ2v) is 4.49. The van der Waals surface area contributed by atoms with E-state index in [2.05, 4.69) is 9.32 Å². The van der Waals surface area contributed by atoms with Crippen LogP contribution < -0.4 is 5.14 Å². The largest absolute Gasteiger partial charge is 0.333 e. The van der Waals surface area contributed by atoms with Gasteiger partial charge in [-0.3, -0.25) is 4.18 Å². The molecule has 0 aliphatic heterocycles. The van der Waals surface area contributed by atoms with Crippen molar-refractivity contribution < 1.29 is 12.6 Å². The van der Waals surface area contributed by atoms with E-state index in [1.165, 1.54) is 0 Å². The first-order chi connectivity index (χ1) is 6.40. The van der Waals surface area contributed by atoms with E-state index in [0.29, 0.717) is 15.6 Å². The van der Waals surface area contributed by atoms with Crippen molar-refractivity contribution >= 4 is 33.5 Å². The Morgan fingerprint density at radius 2 is 1.79 bits per heavy atom. The van der Waals surface area contributed by atoms with Crippen molar-refractivity contribution in [1.82, 2.24) is 0 Å². The Balaban J connectivity index is 2.87. The summed E-state index contributed by atoms with van der Waals surface area (Å²) < 4.78 is 25.4. The lowest BCUT2D eigenvalue weighted by atomic mass is 10.2. The summed E-state index contributed by atoms with van der Waals surface area (Å²) in [4.78, 5) is 0. The minimum atomic E-state index is -3.97. The highest BCUT2D eigenvalue weighted by Gasteiger charge is 2.09. The summed E-state index contributed by atoms with van der Waals surface area (Å²) in [6.45, 7) is -0.267. The van der Waals surface area contributed by atoms with Crippen LogP contribution in [0.3, 0.4) is 0 Å². The summed E-state index contributed by atoms with van der Waals surface area (Å²) in [6.07, 6.45) is 0. The standard InChI is InChI=1S/C7H7Cl2NO3S/c8-6-2-1-3-7(9)5(6)4-13-14(10,11)12/h1-3H,4H2,(H2,10,11,12). The van der Waals surface area contributed by atoms with Gasteiger partial charge in [0.2, 0.25) is 0 Å². The van der Waals surface area contributed by atoms with Crippen molar-refractivity contribution in [2.75, 3.05) is 0 Å². The summed E-state index contributed by atoms with van der Waals surface area (Å²) in [5, 5.41) is 5.32. The molecule has 1 aromatic carbocycles. The first kappa shape index (κ1) is 11.7. The molecule has 0 heterocycles. The van der Waals surface area contributed by atoms with Crippen LogP contribution in [0.15, 0.2) is 18.2 Å². The van der Waals surface area contributed by atoms with Crippen LogP contribution in [0.5, 0.6) is 0 Å². The van der Waals surface area contributed by atoms with E-state index in [9.17, 15) is 8.42 Å². The van der Waals surface area contributed by atoms with E-state index in [1.54, 1.807) is 18.2 Å². The van der Waals surface area contributed by atoms with Gasteiger partial charge < -0.3 is 0 Å². The smallest absolute Gasteiger partial charge is 0.253 e. The first-order valence-electron chi connectivity index (χ1n) is 3.50. The monoisotopic (exact) mass is 255 g/mol. The summed E-state index contributed by atoms with van der Waals surface area (Å²) >= 11 is 11.5. The first-order valence-corrected chi connectivity index (χ1v) is 5.73. The molecule has 7 heteroatoms. The molecule has 0 aliphatic rings. The van der Waals surface area contributed by atoms with Crippen molar-refractivity contribution in [3.63, 3.8) is 0 Å². The Kier molecular flexibility index (Phi) is 3.74. The van der Waals surface area contributed by atoms with Crippen LogP contribution in [0.1, 0.15) is 5.56 Å². The minimum absolute atomic E-state index is 0.267. The van der Waals surface area contributed by atoms with Gasteiger partial charge in [0, 0.05) is 15.6 Å². The summed E-state index contributed by atoms with van der Waals surface area (Å²) in [5.74, 6) is 0.